The van der Waals surface area contributed by atoms with E-state index in [0.29, 0.717) is 19.5 Å². The largest absolute Gasteiger partial charge is 0.481 e. The lowest BCUT2D eigenvalue weighted by Gasteiger charge is -2.22. The van der Waals surface area contributed by atoms with Crippen molar-refractivity contribution in [3.8, 4) is 0 Å². The lowest BCUT2D eigenvalue weighted by atomic mass is 10.1. The predicted octanol–water partition coefficient (Wildman–Crippen LogP) is -2.07. The van der Waals surface area contributed by atoms with E-state index in [-0.39, 0.29) is 24.7 Å². The number of nitrogens with zero attached hydrogens (tertiary/aromatic N) is 2. The number of hydrogen-bond donors (Lipinski definition) is 3. The number of carboxylic acid groups (broad SMARTS) is 2. The Hall–Kier alpha value is -1.94. The van der Waals surface area contributed by atoms with Gasteiger partial charge >= 0.3 is 11.9 Å². The SMILES string of the molecule is BN1CC(N(C)CC(C)=O)CC1C(=O)NC(CCC(=O)O)C(=O)O. The Kier molecular flexibility index (Phi) is 7.36. The van der Waals surface area contributed by atoms with Crippen molar-refractivity contribution in [2.45, 2.75) is 44.3 Å². The van der Waals surface area contributed by atoms with Crippen LogP contribution < -0.4 is 5.32 Å². The molecule has 0 aromatic heterocycles. The molecule has 0 aromatic carbocycles. The van der Waals surface area contributed by atoms with Gasteiger partial charge in [-0.15, -0.1) is 0 Å². The van der Waals surface area contributed by atoms with Gasteiger partial charge in [-0.1, -0.05) is 0 Å². The van der Waals surface area contributed by atoms with Crippen molar-refractivity contribution < 1.29 is 29.4 Å². The van der Waals surface area contributed by atoms with E-state index in [1.54, 1.807) is 7.98 Å². The zero-order valence-corrected chi connectivity index (χ0v) is 14.2. The van der Waals surface area contributed by atoms with Crippen molar-refractivity contribution in [1.29, 1.82) is 0 Å². The van der Waals surface area contributed by atoms with Gasteiger partial charge in [0.25, 0.3) is 0 Å². The zero-order chi connectivity index (χ0) is 18.4. The number of hydrogen-bond acceptors (Lipinski definition) is 6. The van der Waals surface area contributed by atoms with Gasteiger partial charge in [0, 0.05) is 19.0 Å². The average Bonchev–Trinajstić information content (AvgIpc) is 2.84. The minimum Gasteiger partial charge on any atom is -0.481 e. The number of amides is 1. The van der Waals surface area contributed by atoms with Crippen molar-refractivity contribution >= 4 is 31.6 Å². The second-order valence-corrected chi connectivity index (χ2v) is 6.29. The van der Waals surface area contributed by atoms with Crippen molar-refractivity contribution in [2.24, 2.45) is 0 Å². The first-order valence-corrected chi connectivity index (χ1v) is 7.76. The molecule has 0 spiro atoms. The highest BCUT2D eigenvalue weighted by atomic mass is 16.4. The Balaban J connectivity index is 2.64. The van der Waals surface area contributed by atoms with Crippen molar-refractivity contribution in [1.82, 2.24) is 15.0 Å². The molecule has 1 heterocycles. The summed E-state index contributed by atoms with van der Waals surface area (Å²) in [7, 11) is 3.58. The number of carboxylic acids is 2. The highest BCUT2D eigenvalue weighted by Gasteiger charge is 2.37. The smallest absolute Gasteiger partial charge is 0.326 e. The van der Waals surface area contributed by atoms with E-state index >= 15 is 0 Å². The molecule has 1 fully saturated rings. The number of likely N-dealkylation sites (N-methyl/N-ethyl adjacent to an activating group) is 1. The third-order valence-corrected chi connectivity index (χ3v) is 4.19. The molecule has 1 saturated heterocycles. The van der Waals surface area contributed by atoms with Crippen LogP contribution in [0.1, 0.15) is 26.2 Å². The van der Waals surface area contributed by atoms with Crippen LogP contribution in [0.25, 0.3) is 0 Å². The fraction of sp³-hybridized carbons (Fsp3) is 0.714. The fourth-order valence-corrected chi connectivity index (χ4v) is 2.87. The van der Waals surface area contributed by atoms with Gasteiger partial charge in [-0.3, -0.25) is 19.3 Å². The third-order valence-electron chi connectivity index (χ3n) is 4.19. The van der Waals surface area contributed by atoms with E-state index in [4.69, 9.17) is 10.2 Å². The fourth-order valence-electron chi connectivity index (χ4n) is 2.87. The summed E-state index contributed by atoms with van der Waals surface area (Å²) in [5.41, 5.74) is 0. The topological polar surface area (TPSA) is 127 Å². The van der Waals surface area contributed by atoms with E-state index in [1.165, 1.54) is 6.92 Å². The summed E-state index contributed by atoms with van der Waals surface area (Å²) >= 11 is 0. The molecule has 0 bridgehead atoms. The average molecular weight is 341 g/mol. The monoisotopic (exact) mass is 341 g/mol. The number of rotatable bonds is 9. The molecule has 3 unspecified atom stereocenters. The lowest BCUT2D eigenvalue weighted by molar-refractivity contribution is -0.143. The Morgan fingerprint density at radius 3 is 2.46 bits per heavy atom. The summed E-state index contributed by atoms with van der Waals surface area (Å²) in [6.07, 6.45) is -0.0143. The molecule has 0 aliphatic carbocycles. The Bertz CT molecular complexity index is 515. The molecule has 3 N–H and O–H groups in total. The number of Topliss-reactive ketones (excluding diaryl/α,β-unsaturated/α-hetero) is 1. The molecule has 3 atom stereocenters. The van der Waals surface area contributed by atoms with Crippen molar-refractivity contribution in [3.63, 3.8) is 0 Å². The van der Waals surface area contributed by atoms with Gasteiger partial charge in [-0.2, -0.15) is 0 Å². The molecule has 10 heteroatoms. The van der Waals surface area contributed by atoms with Crippen molar-refractivity contribution in [3.05, 3.63) is 0 Å². The van der Waals surface area contributed by atoms with Gasteiger partial charge in [-0.05, 0) is 26.8 Å². The molecule has 24 heavy (non-hydrogen) atoms. The van der Waals surface area contributed by atoms with Crippen LogP contribution in [-0.2, 0) is 19.2 Å². The lowest BCUT2D eigenvalue weighted by Crippen LogP contribution is -2.49. The van der Waals surface area contributed by atoms with E-state index in [2.05, 4.69) is 5.32 Å². The molecular weight excluding hydrogens is 317 g/mol. The summed E-state index contributed by atoms with van der Waals surface area (Å²) in [4.78, 5) is 49.0. The van der Waals surface area contributed by atoms with Gasteiger partial charge in [0.1, 0.15) is 11.8 Å². The van der Waals surface area contributed by atoms with Crippen LogP contribution >= 0.6 is 0 Å². The Morgan fingerprint density at radius 2 is 1.96 bits per heavy atom. The molecular formula is C14H24BN3O6. The number of carbonyl (C=O) groups is 4. The molecule has 1 rings (SSSR count). The minimum atomic E-state index is -1.25. The standard InChI is InChI=1S/C14H24BN3O6/c1-8(19)6-17(2)9-5-11(18(15)7-9)13(22)16-10(14(23)24)3-4-12(20)21/h9-11H,3-7,15H2,1-2H3,(H,16,22)(H,20,21)(H,23,24). The predicted molar refractivity (Wildman–Crippen MR) is 87.2 cm³/mol. The van der Waals surface area contributed by atoms with E-state index in [9.17, 15) is 19.2 Å². The van der Waals surface area contributed by atoms with Crippen LogP contribution in [0.4, 0.5) is 0 Å². The maximum Gasteiger partial charge on any atom is 0.326 e. The molecule has 1 aliphatic heterocycles. The second kappa shape index (κ2) is 8.79. The van der Waals surface area contributed by atoms with E-state index in [1.807, 2.05) is 16.8 Å². The van der Waals surface area contributed by atoms with Crippen LogP contribution in [-0.4, -0.2) is 89.8 Å². The van der Waals surface area contributed by atoms with Crippen LogP contribution in [0.15, 0.2) is 0 Å². The first kappa shape index (κ1) is 20.1. The van der Waals surface area contributed by atoms with Crippen LogP contribution in [0, 0.1) is 0 Å². The molecule has 1 aliphatic rings. The minimum absolute atomic E-state index is 0.0250. The molecule has 0 aromatic rings. The van der Waals surface area contributed by atoms with E-state index in [0.717, 1.165) is 0 Å². The summed E-state index contributed by atoms with van der Waals surface area (Å²) in [5, 5.41) is 20.2. The second-order valence-electron chi connectivity index (χ2n) is 6.29. The van der Waals surface area contributed by atoms with Gasteiger partial charge in [0.2, 0.25) is 5.91 Å². The van der Waals surface area contributed by atoms with E-state index < -0.39 is 29.9 Å². The zero-order valence-electron chi connectivity index (χ0n) is 14.2. The van der Waals surface area contributed by atoms with Gasteiger partial charge in [-0.25, -0.2) is 4.79 Å². The molecule has 9 nitrogen and oxygen atoms in total. The number of nitrogens with one attached hydrogen (secondary N) is 1. The van der Waals surface area contributed by atoms with Crippen LogP contribution in [0.2, 0.25) is 0 Å². The van der Waals surface area contributed by atoms with Gasteiger partial charge in [0.05, 0.1) is 12.6 Å². The molecule has 1 amide bonds. The molecule has 0 saturated carbocycles. The number of aliphatic carboxylic acids is 2. The molecule has 134 valence electrons. The summed E-state index contributed by atoms with van der Waals surface area (Å²) in [6, 6.07) is -1.70. The molecule has 0 radical (unpaired) electrons. The Morgan fingerprint density at radius 1 is 1.33 bits per heavy atom. The quantitative estimate of drug-likeness (QED) is 0.408. The van der Waals surface area contributed by atoms with Gasteiger partial charge in [0.15, 0.2) is 7.98 Å². The maximum atomic E-state index is 12.4. The Labute approximate surface area is 141 Å². The first-order chi connectivity index (χ1) is 11.1. The normalized spacial score (nSPS) is 22.3. The third kappa shape index (κ3) is 5.93. The first-order valence-electron chi connectivity index (χ1n) is 7.76. The van der Waals surface area contributed by atoms with Crippen LogP contribution in [0.5, 0.6) is 0 Å². The summed E-state index contributed by atoms with van der Waals surface area (Å²) in [5.74, 6) is -2.77. The maximum absolute atomic E-state index is 12.4. The van der Waals surface area contributed by atoms with Crippen LogP contribution in [0.3, 0.4) is 0 Å². The highest BCUT2D eigenvalue weighted by molar-refractivity contribution is 6.07. The highest BCUT2D eigenvalue weighted by Crippen LogP contribution is 2.20. The van der Waals surface area contributed by atoms with Gasteiger partial charge < -0.3 is 20.3 Å². The number of ketones is 1. The number of carbonyl (C=O) groups excluding carboxylic acids is 2. The van der Waals surface area contributed by atoms with Crippen molar-refractivity contribution in [2.75, 3.05) is 20.1 Å². The summed E-state index contributed by atoms with van der Waals surface area (Å²) in [6.45, 7) is 2.39. The summed E-state index contributed by atoms with van der Waals surface area (Å²) < 4.78 is 0.